The molecular formula is C14H19N3. The topological polar surface area (TPSA) is 43.8 Å². The lowest BCUT2D eigenvalue weighted by atomic mass is 9.97. The predicted molar refractivity (Wildman–Crippen MR) is 72.0 cm³/mol. The molecule has 2 aromatic rings. The normalized spacial score (nSPS) is 10.8. The first-order chi connectivity index (χ1) is 8.04. The summed E-state index contributed by atoms with van der Waals surface area (Å²) in [7, 11) is 0. The highest BCUT2D eigenvalue weighted by atomic mass is 15.1. The summed E-state index contributed by atoms with van der Waals surface area (Å²) < 4.78 is 1.97. The van der Waals surface area contributed by atoms with Gasteiger partial charge in [0, 0.05) is 12.1 Å². The average molecular weight is 229 g/mol. The van der Waals surface area contributed by atoms with Crippen LogP contribution in [0.2, 0.25) is 0 Å². The van der Waals surface area contributed by atoms with Gasteiger partial charge in [0.25, 0.3) is 0 Å². The van der Waals surface area contributed by atoms with Crippen molar-refractivity contribution in [3.63, 3.8) is 0 Å². The van der Waals surface area contributed by atoms with Crippen molar-refractivity contribution >= 4 is 5.82 Å². The molecule has 1 heterocycles. The molecule has 2 N–H and O–H groups in total. The predicted octanol–water partition coefficient (Wildman–Crippen LogP) is 3.08. The zero-order valence-electron chi connectivity index (χ0n) is 10.9. The molecule has 3 nitrogen and oxygen atoms in total. The van der Waals surface area contributed by atoms with E-state index >= 15 is 0 Å². The minimum absolute atomic E-state index is 0.752. The third-order valence-corrected chi connectivity index (χ3v) is 3.13. The van der Waals surface area contributed by atoms with Gasteiger partial charge in [-0.1, -0.05) is 17.7 Å². The molecule has 0 amide bonds. The Morgan fingerprint density at radius 3 is 2.24 bits per heavy atom. The highest BCUT2D eigenvalue weighted by Crippen LogP contribution is 2.31. The Morgan fingerprint density at radius 2 is 1.76 bits per heavy atom. The fourth-order valence-electron chi connectivity index (χ4n) is 2.39. The van der Waals surface area contributed by atoms with E-state index in [0.717, 1.165) is 18.1 Å². The van der Waals surface area contributed by atoms with E-state index in [-0.39, 0.29) is 0 Å². The number of anilines is 1. The van der Waals surface area contributed by atoms with Crippen molar-refractivity contribution in [2.45, 2.75) is 34.2 Å². The highest BCUT2D eigenvalue weighted by molar-refractivity contribution is 5.76. The maximum absolute atomic E-state index is 6.12. The number of imidazole rings is 1. The first kappa shape index (κ1) is 11.7. The van der Waals surface area contributed by atoms with E-state index in [1.807, 2.05) is 10.9 Å². The second kappa shape index (κ2) is 4.24. The SMILES string of the molecule is CCn1cnc(-c2c(C)cc(C)cc2C)c1N. The number of nitrogens with two attached hydrogens (primary N) is 1. The highest BCUT2D eigenvalue weighted by Gasteiger charge is 2.13. The van der Waals surface area contributed by atoms with Crippen molar-refractivity contribution in [3.05, 3.63) is 35.2 Å². The Hall–Kier alpha value is -1.77. The molecule has 0 spiro atoms. The van der Waals surface area contributed by atoms with Crippen molar-refractivity contribution in [1.29, 1.82) is 0 Å². The number of nitrogen functional groups attached to an aromatic ring is 1. The number of aromatic nitrogens is 2. The van der Waals surface area contributed by atoms with Gasteiger partial charge in [0.05, 0.1) is 6.33 Å². The van der Waals surface area contributed by atoms with E-state index in [1.165, 1.54) is 22.3 Å². The fraction of sp³-hybridized carbons (Fsp3) is 0.357. The molecule has 90 valence electrons. The number of aryl methyl sites for hydroxylation is 4. The largest absolute Gasteiger partial charge is 0.383 e. The van der Waals surface area contributed by atoms with Gasteiger partial charge in [-0.05, 0) is 38.8 Å². The fourth-order valence-corrected chi connectivity index (χ4v) is 2.39. The van der Waals surface area contributed by atoms with Crippen LogP contribution in [0.5, 0.6) is 0 Å². The zero-order valence-corrected chi connectivity index (χ0v) is 10.9. The Labute approximate surface area is 102 Å². The lowest BCUT2D eigenvalue weighted by molar-refractivity contribution is 0.771. The van der Waals surface area contributed by atoms with Crippen molar-refractivity contribution in [1.82, 2.24) is 9.55 Å². The molecule has 2 rings (SSSR count). The monoisotopic (exact) mass is 229 g/mol. The molecule has 0 aliphatic carbocycles. The second-order valence-electron chi connectivity index (χ2n) is 4.54. The Balaban J connectivity index is 2.64. The zero-order chi connectivity index (χ0) is 12.6. The molecule has 0 radical (unpaired) electrons. The number of hydrogen-bond donors (Lipinski definition) is 1. The summed E-state index contributed by atoms with van der Waals surface area (Å²) in [4.78, 5) is 4.45. The summed E-state index contributed by atoms with van der Waals surface area (Å²) in [6, 6.07) is 4.35. The van der Waals surface area contributed by atoms with Gasteiger partial charge in [0.2, 0.25) is 0 Å². The first-order valence-corrected chi connectivity index (χ1v) is 5.93. The van der Waals surface area contributed by atoms with Gasteiger partial charge in [0.1, 0.15) is 11.5 Å². The van der Waals surface area contributed by atoms with E-state index in [2.05, 4.69) is 44.8 Å². The van der Waals surface area contributed by atoms with Gasteiger partial charge < -0.3 is 10.3 Å². The van der Waals surface area contributed by atoms with Gasteiger partial charge in [0.15, 0.2) is 0 Å². The van der Waals surface area contributed by atoms with Crippen molar-refractivity contribution in [3.8, 4) is 11.3 Å². The smallest absolute Gasteiger partial charge is 0.131 e. The summed E-state index contributed by atoms with van der Waals surface area (Å²) in [6.45, 7) is 9.25. The van der Waals surface area contributed by atoms with Crippen LogP contribution in [0.4, 0.5) is 5.82 Å². The molecule has 0 atom stereocenters. The first-order valence-electron chi connectivity index (χ1n) is 5.93. The minimum atomic E-state index is 0.752. The minimum Gasteiger partial charge on any atom is -0.383 e. The molecule has 1 aromatic heterocycles. The van der Waals surface area contributed by atoms with Crippen LogP contribution in [-0.2, 0) is 6.54 Å². The van der Waals surface area contributed by atoms with E-state index in [9.17, 15) is 0 Å². The Bertz CT molecular complexity index is 530. The van der Waals surface area contributed by atoms with Crippen molar-refractivity contribution in [2.75, 3.05) is 5.73 Å². The molecule has 17 heavy (non-hydrogen) atoms. The molecule has 0 unspecified atom stereocenters. The van der Waals surface area contributed by atoms with Gasteiger partial charge >= 0.3 is 0 Å². The van der Waals surface area contributed by atoms with Gasteiger partial charge in [-0.3, -0.25) is 0 Å². The molecule has 0 bridgehead atoms. The van der Waals surface area contributed by atoms with Crippen LogP contribution < -0.4 is 5.73 Å². The van der Waals surface area contributed by atoms with Crippen molar-refractivity contribution < 1.29 is 0 Å². The summed E-state index contributed by atoms with van der Waals surface area (Å²) >= 11 is 0. The number of benzene rings is 1. The summed E-state index contributed by atoms with van der Waals surface area (Å²) in [6.07, 6.45) is 1.81. The molecule has 0 aliphatic rings. The van der Waals surface area contributed by atoms with E-state index in [0.29, 0.717) is 0 Å². The van der Waals surface area contributed by atoms with E-state index < -0.39 is 0 Å². The molecule has 0 saturated heterocycles. The maximum Gasteiger partial charge on any atom is 0.131 e. The van der Waals surface area contributed by atoms with Crippen molar-refractivity contribution in [2.24, 2.45) is 0 Å². The molecule has 0 fully saturated rings. The van der Waals surface area contributed by atoms with Crippen LogP contribution in [0, 0.1) is 20.8 Å². The van der Waals surface area contributed by atoms with E-state index in [4.69, 9.17) is 5.73 Å². The molecule has 1 aromatic carbocycles. The van der Waals surface area contributed by atoms with Crippen LogP contribution in [0.15, 0.2) is 18.5 Å². The third-order valence-electron chi connectivity index (χ3n) is 3.13. The van der Waals surface area contributed by atoms with Crippen LogP contribution in [-0.4, -0.2) is 9.55 Å². The Morgan fingerprint density at radius 1 is 1.18 bits per heavy atom. The number of rotatable bonds is 2. The van der Waals surface area contributed by atoms with Crippen LogP contribution in [0.25, 0.3) is 11.3 Å². The molecule has 0 saturated carbocycles. The van der Waals surface area contributed by atoms with Crippen LogP contribution >= 0.6 is 0 Å². The van der Waals surface area contributed by atoms with E-state index in [1.54, 1.807) is 0 Å². The van der Waals surface area contributed by atoms with Gasteiger partial charge in [-0.2, -0.15) is 0 Å². The van der Waals surface area contributed by atoms with Gasteiger partial charge in [-0.25, -0.2) is 4.98 Å². The molecular weight excluding hydrogens is 210 g/mol. The number of nitrogens with zero attached hydrogens (tertiary/aromatic N) is 2. The quantitative estimate of drug-likeness (QED) is 0.860. The third kappa shape index (κ3) is 1.93. The second-order valence-corrected chi connectivity index (χ2v) is 4.54. The lowest BCUT2D eigenvalue weighted by Gasteiger charge is -2.10. The number of hydrogen-bond acceptors (Lipinski definition) is 2. The lowest BCUT2D eigenvalue weighted by Crippen LogP contribution is -2.00. The summed E-state index contributed by atoms with van der Waals surface area (Å²) in [5.74, 6) is 0.752. The van der Waals surface area contributed by atoms with Gasteiger partial charge in [-0.15, -0.1) is 0 Å². The Kier molecular flexibility index (Phi) is 2.92. The van der Waals surface area contributed by atoms with Crippen LogP contribution in [0.1, 0.15) is 23.6 Å². The maximum atomic E-state index is 6.12. The standard InChI is InChI=1S/C14H19N3/c1-5-17-8-16-13(14(17)15)12-10(3)6-9(2)7-11(12)4/h6-8H,5,15H2,1-4H3. The summed E-state index contributed by atoms with van der Waals surface area (Å²) in [5.41, 5.74) is 11.9. The summed E-state index contributed by atoms with van der Waals surface area (Å²) in [5, 5.41) is 0. The van der Waals surface area contributed by atoms with Crippen LogP contribution in [0.3, 0.4) is 0 Å². The molecule has 3 heteroatoms. The molecule has 0 aliphatic heterocycles. The average Bonchev–Trinajstić information content (AvgIpc) is 2.59.